The fraction of sp³-hybridized carbons (Fsp3) is 0.700. The lowest BCUT2D eigenvalue weighted by Crippen LogP contribution is -2.21. The zero-order chi connectivity index (χ0) is 10.1. The summed E-state index contributed by atoms with van der Waals surface area (Å²) in [6.45, 7) is 5.66. The Morgan fingerprint density at radius 2 is 2.00 bits per heavy atom. The van der Waals surface area contributed by atoms with Crippen LogP contribution in [0.5, 0.6) is 0 Å². The highest BCUT2D eigenvalue weighted by molar-refractivity contribution is 5.46. The molecule has 2 heterocycles. The molecule has 4 nitrogen and oxygen atoms in total. The number of hydrogen-bond donors (Lipinski definition) is 1. The second-order valence-electron chi connectivity index (χ2n) is 3.87. The molecule has 1 aliphatic heterocycles. The summed E-state index contributed by atoms with van der Waals surface area (Å²) in [5.41, 5.74) is 8.76. The summed E-state index contributed by atoms with van der Waals surface area (Å²) in [6, 6.07) is 0.472. The van der Waals surface area contributed by atoms with Gasteiger partial charge in [0.05, 0.1) is 23.1 Å². The Morgan fingerprint density at radius 3 is 2.50 bits per heavy atom. The molecule has 0 radical (unpaired) electrons. The summed E-state index contributed by atoms with van der Waals surface area (Å²) in [7, 11) is 0. The smallest absolute Gasteiger partial charge is 0.0826 e. The van der Waals surface area contributed by atoms with Crippen molar-refractivity contribution in [1.29, 1.82) is 0 Å². The molecule has 2 N–H and O–H groups in total. The number of nitrogens with two attached hydrogens (primary N) is 1. The van der Waals surface area contributed by atoms with Crippen LogP contribution in [0.1, 0.15) is 30.3 Å². The number of nitrogens with zero attached hydrogens (tertiary/aromatic N) is 2. The van der Waals surface area contributed by atoms with Gasteiger partial charge in [-0.3, -0.25) is 4.68 Å². The van der Waals surface area contributed by atoms with Crippen molar-refractivity contribution in [2.75, 3.05) is 18.9 Å². The van der Waals surface area contributed by atoms with Crippen LogP contribution < -0.4 is 5.73 Å². The number of nitrogen functional groups attached to an aromatic ring is 1. The highest BCUT2D eigenvalue weighted by Crippen LogP contribution is 2.25. The standard InChI is InChI=1S/C10H17N3O/c1-7-10(11)8(2)13(12-7)9-3-5-14-6-4-9/h9H,3-6,11H2,1-2H3. The Morgan fingerprint density at radius 1 is 1.36 bits per heavy atom. The maximum atomic E-state index is 5.89. The Labute approximate surface area is 84.0 Å². The molecule has 2 rings (SSSR count). The molecule has 0 aromatic carbocycles. The lowest BCUT2D eigenvalue weighted by molar-refractivity contribution is 0.0656. The van der Waals surface area contributed by atoms with Gasteiger partial charge in [0.15, 0.2) is 0 Å². The van der Waals surface area contributed by atoms with E-state index in [0.717, 1.165) is 43.1 Å². The average Bonchev–Trinajstić information content (AvgIpc) is 2.47. The van der Waals surface area contributed by atoms with Crippen molar-refractivity contribution in [3.8, 4) is 0 Å². The first-order valence-corrected chi connectivity index (χ1v) is 5.09. The Kier molecular flexibility index (Phi) is 2.46. The monoisotopic (exact) mass is 195 g/mol. The van der Waals surface area contributed by atoms with Gasteiger partial charge in [-0.15, -0.1) is 0 Å². The molecule has 1 aromatic rings. The van der Waals surface area contributed by atoms with Crippen molar-refractivity contribution in [3.63, 3.8) is 0 Å². The van der Waals surface area contributed by atoms with Gasteiger partial charge in [-0.1, -0.05) is 0 Å². The molecule has 0 aliphatic carbocycles. The number of hydrogen-bond acceptors (Lipinski definition) is 3. The third kappa shape index (κ3) is 1.50. The number of aromatic nitrogens is 2. The average molecular weight is 195 g/mol. The maximum Gasteiger partial charge on any atom is 0.0826 e. The van der Waals surface area contributed by atoms with Crippen LogP contribution in [-0.2, 0) is 4.74 Å². The molecule has 0 spiro atoms. The largest absolute Gasteiger partial charge is 0.396 e. The number of aryl methyl sites for hydroxylation is 1. The van der Waals surface area contributed by atoms with E-state index in [4.69, 9.17) is 10.5 Å². The topological polar surface area (TPSA) is 53.1 Å². The van der Waals surface area contributed by atoms with E-state index < -0.39 is 0 Å². The fourth-order valence-corrected chi connectivity index (χ4v) is 1.96. The number of rotatable bonds is 1. The SMILES string of the molecule is Cc1nn(C2CCOCC2)c(C)c1N. The van der Waals surface area contributed by atoms with Crippen molar-refractivity contribution >= 4 is 5.69 Å². The minimum Gasteiger partial charge on any atom is -0.396 e. The predicted molar refractivity (Wildman–Crippen MR) is 55.2 cm³/mol. The maximum absolute atomic E-state index is 5.89. The summed E-state index contributed by atoms with van der Waals surface area (Å²) in [5, 5.41) is 4.47. The highest BCUT2D eigenvalue weighted by atomic mass is 16.5. The van der Waals surface area contributed by atoms with Crippen LogP contribution in [-0.4, -0.2) is 23.0 Å². The molecule has 0 saturated carbocycles. The van der Waals surface area contributed by atoms with Crippen LogP contribution in [0, 0.1) is 13.8 Å². The van der Waals surface area contributed by atoms with Gasteiger partial charge >= 0.3 is 0 Å². The third-order valence-electron chi connectivity index (χ3n) is 2.92. The second kappa shape index (κ2) is 3.61. The van der Waals surface area contributed by atoms with Crippen molar-refractivity contribution in [2.24, 2.45) is 0 Å². The molecule has 14 heavy (non-hydrogen) atoms. The van der Waals surface area contributed by atoms with Gasteiger partial charge < -0.3 is 10.5 Å². The van der Waals surface area contributed by atoms with E-state index in [1.807, 2.05) is 13.8 Å². The van der Waals surface area contributed by atoms with Crippen molar-refractivity contribution in [3.05, 3.63) is 11.4 Å². The van der Waals surface area contributed by atoms with Gasteiger partial charge in [0, 0.05) is 13.2 Å². The molecular weight excluding hydrogens is 178 g/mol. The molecule has 0 bridgehead atoms. The molecule has 1 aliphatic rings. The molecule has 1 saturated heterocycles. The zero-order valence-corrected chi connectivity index (χ0v) is 8.79. The van der Waals surface area contributed by atoms with Gasteiger partial charge in [-0.2, -0.15) is 5.10 Å². The molecule has 0 atom stereocenters. The summed E-state index contributed by atoms with van der Waals surface area (Å²) in [6.07, 6.45) is 2.09. The van der Waals surface area contributed by atoms with E-state index in [-0.39, 0.29) is 0 Å². The van der Waals surface area contributed by atoms with Crippen molar-refractivity contribution in [1.82, 2.24) is 9.78 Å². The normalized spacial score (nSPS) is 18.7. The van der Waals surface area contributed by atoms with Crippen LogP contribution in [0.3, 0.4) is 0 Å². The van der Waals surface area contributed by atoms with E-state index in [1.54, 1.807) is 0 Å². The molecular formula is C10H17N3O. The van der Waals surface area contributed by atoms with Crippen LogP contribution in [0.4, 0.5) is 5.69 Å². The molecule has 1 fully saturated rings. The molecule has 1 aromatic heterocycles. The van der Waals surface area contributed by atoms with Gasteiger partial charge in [0.2, 0.25) is 0 Å². The van der Waals surface area contributed by atoms with E-state index in [0.29, 0.717) is 6.04 Å². The van der Waals surface area contributed by atoms with Gasteiger partial charge in [0.25, 0.3) is 0 Å². The molecule has 78 valence electrons. The quantitative estimate of drug-likeness (QED) is 0.737. The first-order valence-electron chi connectivity index (χ1n) is 5.09. The zero-order valence-electron chi connectivity index (χ0n) is 8.79. The van der Waals surface area contributed by atoms with Crippen LogP contribution in [0.15, 0.2) is 0 Å². The molecule has 0 unspecified atom stereocenters. The summed E-state index contributed by atoms with van der Waals surface area (Å²) in [4.78, 5) is 0. The summed E-state index contributed by atoms with van der Waals surface area (Å²) < 4.78 is 7.39. The summed E-state index contributed by atoms with van der Waals surface area (Å²) >= 11 is 0. The molecule has 4 heteroatoms. The number of ether oxygens (including phenoxy) is 1. The number of anilines is 1. The third-order valence-corrected chi connectivity index (χ3v) is 2.92. The van der Waals surface area contributed by atoms with E-state index >= 15 is 0 Å². The minimum absolute atomic E-state index is 0.472. The highest BCUT2D eigenvalue weighted by Gasteiger charge is 2.19. The van der Waals surface area contributed by atoms with Gasteiger partial charge in [0.1, 0.15) is 0 Å². The second-order valence-corrected chi connectivity index (χ2v) is 3.87. The minimum atomic E-state index is 0.472. The molecule has 0 amide bonds. The van der Waals surface area contributed by atoms with E-state index in [1.165, 1.54) is 0 Å². The van der Waals surface area contributed by atoms with E-state index in [9.17, 15) is 0 Å². The lowest BCUT2D eigenvalue weighted by Gasteiger charge is -2.23. The Balaban J connectivity index is 2.26. The Bertz CT molecular complexity index is 326. The Hall–Kier alpha value is -1.03. The van der Waals surface area contributed by atoms with Crippen LogP contribution >= 0.6 is 0 Å². The lowest BCUT2D eigenvalue weighted by atomic mass is 10.1. The first kappa shape index (κ1) is 9.52. The van der Waals surface area contributed by atoms with Crippen molar-refractivity contribution in [2.45, 2.75) is 32.7 Å². The van der Waals surface area contributed by atoms with E-state index in [2.05, 4.69) is 9.78 Å². The first-order chi connectivity index (χ1) is 6.70. The van der Waals surface area contributed by atoms with Gasteiger partial charge in [-0.05, 0) is 26.7 Å². The van der Waals surface area contributed by atoms with Crippen molar-refractivity contribution < 1.29 is 4.74 Å². The van der Waals surface area contributed by atoms with Crippen LogP contribution in [0.2, 0.25) is 0 Å². The van der Waals surface area contributed by atoms with Gasteiger partial charge in [-0.25, -0.2) is 0 Å². The fourth-order valence-electron chi connectivity index (χ4n) is 1.96. The van der Waals surface area contributed by atoms with Crippen LogP contribution in [0.25, 0.3) is 0 Å². The predicted octanol–water partition coefficient (Wildman–Crippen LogP) is 1.43. The summed E-state index contributed by atoms with van der Waals surface area (Å²) in [5.74, 6) is 0.